The van der Waals surface area contributed by atoms with Gasteiger partial charge in [-0.25, -0.2) is 8.42 Å². The molecular weight excluding hydrogens is 290 g/mol. The Morgan fingerprint density at radius 2 is 1.90 bits per heavy atom. The van der Waals surface area contributed by atoms with Crippen molar-refractivity contribution in [2.45, 2.75) is 31.2 Å². The van der Waals surface area contributed by atoms with Crippen LogP contribution in [0.25, 0.3) is 0 Å². The normalized spacial score (nSPS) is 15.9. The molecule has 0 atom stereocenters. The first-order chi connectivity index (χ1) is 10.0. The van der Waals surface area contributed by atoms with Crippen molar-refractivity contribution in [1.29, 1.82) is 0 Å². The van der Waals surface area contributed by atoms with E-state index in [9.17, 15) is 13.2 Å². The molecule has 0 amide bonds. The van der Waals surface area contributed by atoms with Gasteiger partial charge in [-0.05, 0) is 30.5 Å². The van der Waals surface area contributed by atoms with E-state index in [1.165, 1.54) is 4.31 Å². The number of aromatic nitrogens is 2. The average molecular weight is 307 g/mol. The van der Waals surface area contributed by atoms with Crippen LogP contribution >= 0.6 is 0 Å². The average Bonchev–Trinajstić information content (AvgIpc) is 2.88. The smallest absolute Gasteiger partial charge is 0.267 e. The Hall–Kier alpha value is -1.86. The molecule has 2 aromatic rings. The number of aromatic amines is 2. The van der Waals surface area contributed by atoms with Gasteiger partial charge in [0.2, 0.25) is 10.0 Å². The minimum Gasteiger partial charge on any atom is -0.301 e. The molecule has 2 N–H and O–H groups in total. The summed E-state index contributed by atoms with van der Waals surface area (Å²) in [6, 6.07) is 6.95. The molecule has 0 unspecified atom stereocenters. The second kappa shape index (κ2) is 5.16. The van der Waals surface area contributed by atoms with Gasteiger partial charge in [-0.15, -0.1) is 0 Å². The van der Waals surface area contributed by atoms with Crippen LogP contribution in [-0.2, 0) is 29.4 Å². The van der Waals surface area contributed by atoms with E-state index >= 15 is 0 Å². The molecule has 112 valence electrons. The van der Waals surface area contributed by atoms with Crippen LogP contribution in [0.4, 0.5) is 0 Å². The molecule has 7 heteroatoms. The van der Waals surface area contributed by atoms with Crippen molar-refractivity contribution < 1.29 is 8.42 Å². The summed E-state index contributed by atoms with van der Waals surface area (Å²) in [5, 5.41) is 5.26. The Bertz CT molecular complexity index is 803. The van der Waals surface area contributed by atoms with E-state index < -0.39 is 10.0 Å². The number of rotatable bonds is 3. The zero-order chi connectivity index (χ0) is 15.0. The number of aryl methyl sites for hydroxylation is 1. The third kappa shape index (κ3) is 2.43. The lowest BCUT2D eigenvalue weighted by atomic mass is 10.1. The zero-order valence-corrected chi connectivity index (χ0v) is 12.5. The highest BCUT2D eigenvalue weighted by Gasteiger charge is 2.30. The molecule has 0 radical (unpaired) electrons. The topological polar surface area (TPSA) is 86.0 Å². The molecule has 3 rings (SSSR count). The van der Waals surface area contributed by atoms with Crippen LogP contribution in [0, 0.1) is 0 Å². The van der Waals surface area contributed by atoms with Gasteiger partial charge in [0.15, 0.2) is 0 Å². The van der Waals surface area contributed by atoms with Gasteiger partial charge in [0, 0.05) is 12.1 Å². The predicted molar refractivity (Wildman–Crippen MR) is 78.5 cm³/mol. The van der Waals surface area contributed by atoms with Crippen LogP contribution in [0.2, 0.25) is 0 Å². The van der Waals surface area contributed by atoms with Gasteiger partial charge < -0.3 is 5.10 Å². The molecule has 0 saturated carbocycles. The first-order valence-electron chi connectivity index (χ1n) is 6.90. The van der Waals surface area contributed by atoms with E-state index in [0.29, 0.717) is 29.1 Å². The fourth-order valence-corrected chi connectivity index (χ4v) is 3.97. The van der Waals surface area contributed by atoms with E-state index in [1.807, 2.05) is 19.1 Å². The molecule has 0 aliphatic carbocycles. The van der Waals surface area contributed by atoms with Gasteiger partial charge in [-0.3, -0.25) is 9.89 Å². The summed E-state index contributed by atoms with van der Waals surface area (Å²) in [7, 11) is -3.52. The van der Waals surface area contributed by atoms with Crippen LogP contribution in [-0.4, -0.2) is 29.5 Å². The number of benzene rings is 1. The summed E-state index contributed by atoms with van der Waals surface area (Å²) in [5.74, 6) is 0. The summed E-state index contributed by atoms with van der Waals surface area (Å²) >= 11 is 0. The molecule has 1 aromatic heterocycles. The van der Waals surface area contributed by atoms with Gasteiger partial charge >= 0.3 is 0 Å². The quantitative estimate of drug-likeness (QED) is 0.887. The maximum atomic E-state index is 12.6. The number of nitrogens with zero attached hydrogens (tertiary/aromatic N) is 1. The van der Waals surface area contributed by atoms with Crippen molar-refractivity contribution in [3.63, 3.8) is 0 Å². The van der Waals surface area contributed by atoms with E-state index in [0.717, 1.165) is 12.0 Å². The first-order valence-corrected chi connectivity index (χ1v) is 8.34. The molecule has 0 spiro atoms. The first kappa shape index (κ1) is 14.1. The summed E-state index contributed by atoms with van der Waals surface area (Å²) in [6.45, 7) is 2.55. The van der Waals surface area contributed by atoms with Gasteiger partial charge in [-0.2, -0.15) is 4.31 Å². The van der Waals surface area contributed by atoms with Crippen LogP contribution in [0.15, 0.2) is 34.0 Å². The Balaban J connectivity index is 1.90. The molecule has 0 fully saturated rings. The van der Waals surface area contributed by atoms with Crippen molar-refractivity contribution in [3.05, 3.63) is 51.4 Å². The van der Waals surface area contributed by atoms with Crippen molar-refractivity contribution >= 4 is 10.0 Å². The van der Waals surface area contributed by atoms with Crippen molar-refractivity contribution in [2.24, 2.45) is 0 Å². The van der Waals surface area contributed by atoms with Crippen LogP contribution in [0.1, 0.15) is 23.7 Å². The Kier molecular flexibility index (Phi) is 3.46. The van der Waals surface area contributed by atoms with E-state index in [4.69, 9.17) is 0 Å². The number of hydrogen-bond acceptors (Lipinski definition) is 3. The highest BCUT2D eigenvalue weighted by atomic mass is 32.2. The lowest BCUT2D eigenvalue weighted by Crippen LogP contribution is -2.36. The van der Waals surface area contributed by atoms with Crippen LogP contribution in [0.5, 0.6) is 0 Å². The Labute approximate surface area is 122 Å². The minimum atomic E-state index is -3.52. The molecule has 6 nitrogen and oxygen atoms in total. The molecule has 1 aromatic carbocycles. The maximum absolute atomic E-state index is 12.6. The summed E-state index contributed by atoms with van der Waals surface area (Å²) < 4.78 is 26.7. The fourth-order valence-electron chi connectivity index (χ4n) is 2.56. The molecule has 2 heterocycles. The lowest BCUT2D eigenvalue weighted by molar-refractivity contribution is 0.387. The molecular formula is C14H17N3O3S. The lowest BCUT2D eigenvalue weighted by Gasteiger charge is -2.25. The van der Waals surface area contributed by atoms with Gasteiger partial charge in [-0.1, -0.05) is 19.1 Å². The second-order valence-electron chi connectivity index (χ2n) is 5.12. The third-order valence-corrected chi connectivity index (χ3v) is 5.74. The molecule has 0 bridgehead atoms. The van der Waals surface area contributed by atoms with Gasteiger partial charge in [0.25, 0.3) is 5.56 Å². The number of fused-ring (bicyclic) bond motifs is 1. The standard InChI is InChI=1S/C14H17N3O3S/c1-2-10-3-5-11(6-4-10)21(19,20)17-8-7-12-13(9-17)15-16-14(12)18/h3-6H,2,7-9H2,1H3,(H2,15,16,18). The molecule has 21 heavy (non-hydrogen) atoms. The number of H-pyrrole nitrogens is 2. The van der Waals surface area contributed by atoms with E-state index in [1.54, 1.807) is 12.1 Å². The predicted octanol–water partition coefficient (Wildman–Crippen LogP) is 1.01. The third-order valence-electron chi connectivity index (χ3n) is 3.88. The van der Waals surface area contributed by atoms with Crippen LogP contribution in [0.3, 0.4) is 0 Å². The van der Waals surface area contributed by atoms with Crippen molar-refractivity contribution in [2.75, 3.05) is 6.54 Å². The molecule has 1 aliphatic heterocycles. The van der Waals surface area contributed by atoms with E-state index in [2.05, 4.69) is 10.2 Å². The Morgan fingerprint density at radius 3 is 2.57 bits per heavy atom. The van der Waals surface area contributed by atoms with Gasteiger partial charge in [0.1, 0.15) is 0 Å². The SMILES string of the molecule is CCc1ccc(S(=O)(=O)N2CCc3c([nH][nH]c3=O)C2)cc1. The summed E-state index contributed by atoms with van der Waals surface area (Å²) in [5.41, 5.74) is 2.25. The van der Waals surface area contributed by atoms with Crippen molar-refractivity contribution in [1.82, 2.24) is 14.5 Å². The Morgan fingerprint density at radius 1 is 1.19 bits per heavy atom. The summed E-state index contributed by atoms with van der Waals surface area (Å²) in [6.07, 6.45) is 1.30. The maximum Gasteiger partial charge on any atom is 0.267 e. The van der Waals surface area contributed by atoms with E-state index in [-0.39, 0.29) is 12.1 Å². The zero-order valence-electron chi connectivity index (χ0n) is 11.7. The monoisotopic (exact) mass is 307 g/mol. The number of hydrogen-bond donors (Lipinski definition) is 2. The highest BCUT2D eigenvalue weighted by molar-refractivity contribution is 7.89. The molecule has 0 saturated heterocycles. The van der Waals surface area contributed by atoms with Gasteiger partial charge in [0.05, 0.1) is 17.1 Å². The molecule has 1 aliphatic rings. The second-order valence-corrected chi connectivity index (χ2v) is 7.06. The largest absolute Gasteiger partial charge is 0.301 e. The minimum absolute atomic E-state index is 0.158. The summed E-state index contributed by atoms with van der Waals surface area (Å²) in [4.78, 5) is 11.8. The fraction of sp³-hybridized carbons (Fsp3) is 0.357. The highest BCUT2D eigenvalue weighted by Crippen LogP contribution is 2.22. The van der Waals surface area contributed by atoms with Crippen molar-refractivity contribution in [3.8, 4) is 0 Å². The number of sulfonamides is 1. The van der Waals surface area contributed by atoms with Crippen LogP contribution < -0.4 is 5.56 Å². The number of nitrogens with one attached hydrogen (secondary N) is 2.